The van der Waals surface area contributed by atoms with Gasteiger partial charge in [-0.25, -0.2) is 84.5 Å². The number of carboxylic acids is 1. The van der Waals surface area contributed by atoms with Crippen LogP contribution in [0.3, 0.4) is 0 Å². The Kier molecular flexibility index (Phi) is 37.0. The zero-order chi connectivity index (χ0) is 92.3. The molecule has 0 bridgehead atoms. The lowest BCUT2D eigenvalue weighted by Crippen LogP contribution is -2.14. The number of aryl methyl sites for hydroxylation is 7. The van der Waals surface area contributed by atoms with Crippen LogP contribution in [0.2, 0.25) is 0 Å². The molecule has 16 N–H and O–H groups in total. The van der Waals surface area contributed by atoms with Gasteiger partial charge in [-0.15, -0.1) is 11.8 Å². The number of aliphatic hydroxyl groups is 1. The van der Waals surface area contributed by atoms with E-state index in [1.807, 2.05) is 67.8 Å². The molecule has 34 nitrogen and oxygen atoms in total. The predicted octanol–water partition coefficient (Wildman–Crippen LogP) is 17.0. The van der Waals surface area contributed by atoms with E-state index in [-0.39, 0.29) is 58.2 Å². The van der Waals surface area contributed by atoms with Crippen molar-refractivity contribution in [1.29, 1.82) is 0 Å². The molecule has 658 valence electrons. The second kappa shape index (κ2) is 46.6. The minimum atomic E-state index is -1.12. The second-order valence-electron chi connectivity index (χ2n) is 29.4. The van der Waals surface area contributed by atoms with E-state index in [1.54, 1.807) is 126 Å². The highest BCUT2D eigenvalue weighted by atomic mass is 79.9. The quantitative estimate of drug-likeness (QED) is 0.0212. The van der Waals surface area contributed by atoms with E-state index in [1.165, 1.54) is 64.9 Å². The van der Waals surface area contributed by atoms with Crippen molar-refractivity contribution in [3.05, 3.63) is 201 Å². The summed E-state index contributed by atoms with van der Waals surface area (Å²) in [6.45, 7) is 38.8. The number of methoxy groups -OCH3 is 1. The number of nitrogens with zero attached hydrogens (tertiary/aromatic N) is 18. The second-order valence-corrected chi connectivity index (χ2v) is 33.7. The lowest BCUT2D eigenvalue weighted by atomic mass is 10.0. The van der Waals surface area contributed by atoms with Gasteiger partial charge in [-0.3, -0.25) is 14.8 Å². The molecule has 0 aromatic carbocycles. The van der Waals surface area contributed by atoms with Crippen LogP contribution in [0, 0.1) is 53.4 Å². The van der Waals surface area contributed by atoms with Gasteiger partial charge >= 0.3 is 5.97 Å². The first-order valence-corrected chi connectivity index (χ1v) is 42.7. The molecule has 0 atom stereocenters. The maximum absolute atomic E-state index is 11.3. The number of carbonyl (C=O) groups excluding carboxylic acids is 1. The van der Waals surface area contributed by atoms with Gasteiger partial charge in [0.2, 0.25) is 5.88 Å². The number of rotatable bonds is 23. The van der Waals surface area contributed by atoms with Crippen molar-refractivity contribution in [2.45, 2.75) is 205 Å². The fourth-order valence-corrected chi connectivity index (χ4v) is 13.6. The lowest BCUT2D eigenvalue weighted by molar-refractivity contribution is 0.0689. The molecule has 0 unspecified atom stereocenters. The zero-order valence-electron chi connectivity index (χ0n) is 73.6. The van der Waals surface area contributed by atoms with Gasteiger partial charge in [-0.05, 0) is 142 Å². The number of nitrogens with two attached hydrogens (primary N) is 7. The van der Waals surface area contributed by atoms with Crippen LogP contribution in [-0.4, -0.2) is 130 Å². The molecule has 1 amide bonds. The van der Waals surface area contributed by atoms with Crippen molar-refractivity contribution in [2.24, 2.45) is 5.73 Å². The highest BCUT2D eigenvalue weighted by Gasteiger charge is 2.22. The fraction of sp³-hybridized carbons (Fsp3) is 0.333. The van der Waals surface area contributed by atoms with Crippen molar-refractivity contribution >= 4 is 98.0 Å². The topological polar surface area (TPSA) is 535 Å². The van der Waals surface area contributed by atoms with E-state index in [2.05, 4.69) is 171 Å². The SMILES string of the molecule is CCSc1cc(Sc2cnc(C)nc2N)c(C(C)C)cn1.CCc1cc(Sc2cnc(C)nc2N)c(C(C)C)cn1.COc1cc(Oc2cnc(C)nc2N)c(Br)cn1.Cc1ncc(Oc2cc(C#CC(C)(C)O)ncc2C(C)C)c(N)n1.Cc1ncc(Oc2cc(C(=O)O)ncc2C(C)C)c(N)n1.Cc1ncc(Oc2cc(C(N)=O)ncc2C(C)C)c(N)n1. The summed E-state index contributed by atoms with van der Waals surface area (Å²) >= 11 is 8.30. The number of carbonyl (C=O) groups is 2. The fourth-order valence-electron chi connectivity index (χ4n) is 10.5. The molecule has 38 heteroatoms. The van der Waals surface area contributed by atoms with Crippen molar-refractivity contribution in [1.82, 2.24) is 89.7 Å². The van der Waals surface area contributed by atoms with Crippen LogP contribution >= 0.6 is 51.2 Å². The lowest BCUT2D eigenvalue weighted by Gasteiger charge is -2.14. The molecule has 0 aliphatic carbocycles. The van der Waals surface area contributed by atoms with Crippen LogP contribution in [0.4, 0.5) is 34.9 Å². The van der Waals surface area contributed by atoms with Gasteiger partial charge in [0.1, 0.15) is 86.6 Å². The summed E-state index contributed by atoms with van der Waals surface area (Å²) in [6.07, 6.45) is 20.8. The van der Waals surface area contributed by atoms with Gasteiger partial charge in [0.15, 0.2) is 52.0 Å². The van der Waals surface area contributed by atoms with Crippen LogP contribution in [-0.2, 0) is 6.42 Å². The van der Waals surface area contributed by atoms with E-state index >= 15 is 0 Å². The molecule has 12 aromatic heterocycles. The molecule has 0 spiro atoms. The number of thioether (sulfide) groups is 1. The van der Waals surface area contributed by atoms with E-state index in [0.29, 0.717) is 115 Å². The first kappa shape index (κ1) is 99.3. The van der Waals surface area contributed by atoms with Crippen molar-refractivity contribution in [3.63, 3.8) is 0 Å². The van der Waals surface area contributed by atoms with Crippen molar-refractivity contribution in [3.8, 4) is 63.7 Å². The normalized spacial score (nSPS) is 10.8. The molecule has 0 radical (unpaired) electrons. The molecule has 125 heavy (non-hydrogen) atoms. The molecular formula is C87H106BrN25O9S3. The van der Waals surface area contributed by atoms with Crippen LogP contribution in [0.15, 0.2) is 140 Å². The summed E-state index contributed by atoms with van der Waals surface area (Å²) in [5.41, 5.74) is 46.0. The number of hydrogen-bond donors (Lipinski definition) is 9. The largest absolute Gasteiger partial charge is 0.481 e. The number of anilines is 6. The number of nitrogen functional groups attached to an aromatic ring is 6. The Morgan fingerprint density at radius 1 is 0.424 bits per heavy atom. The highest BCUT2D eigenvalue weighted by molar-refractivity contribution is 9.10. The summed E-state index contributed by atoms with van der Waals surface area (Å²) in [7, 11) is 1.53. The summed E-state index contributed by atoms with van der Waals surface area (Å²) in [6, 6.07) is 10.5. The smallest absolute Gasteiger partial charge is 0.354 e. The number of carboxylic acid groups (broad SMARTS) is 1. The Morgan fingerprint density at radius 3 is 1.15 bits per heavy atom. The number of pyridine rings is 6. The first-order chi connectivity index (χ1) is 59.0. The van der Waals surface area contributed by atoms with Gasteiger partial charge in [0, 0.05) is 106 Å². The summed E-state index contributed by atoms with van der Waals surface area (Å²) in [5.74, 6) is 15.6. The average molecular weight is 1820 g/mol. The maximum Gasteiger partial charge on any atom is 0.354 e. The summed E-state index contributed by atoms with van der Waals surface area (Å²) in [4.78, 5) is 101. The van der Waals surface area contributed by atoms with Crippen LogP contribution in [0.25, 0.3) is 0 Å². The molecule has 0 saturated heterocycles. The van der Waals surface area contributed by atoms with E-state index in [4.69, 9.17) is 68.9 Å². The Labute approximate surface area is 748 Å². The number of hydrogen-bond acceptors (Lipinski definition) is 35. The third-order valence-electron chi connectivity index (χ3n) is 17.0. The third kappa shape index (κ3) is 30.6. The minimum Gasteiger partial charge on any atom is -0.481 e. The average Bonchev–Trinajstić information content (AvgIpc) is 0.841. The standard InChI is InChI=1S/C18H22N4O2.C15H20N4S2.C15H20N4S.C14H17N5O2.C14H16N4O3.C11H11BrN4O2/c1-11(2)14-9-21-13(6-7-18(4,5)23)8-15(14)24-16-10-20-12(3)22-17(16)19;1-5-20-14-6-12(11(7-18-14)9(2)3)21-13-8-17-10(4)19-15(13)16;1-5-11-6-13(12(7-18-11)9(2)3)20-14-8-17-10(4)19-15(14)16;1-7(2)9-5-18-10(14(16)20)4-11(9)21-12-6-17-8(3)19-13(12)15;1-7(2)9-5-17-10(14(19)20)4-11(9)21-12-6-16-8(3)18-13(12)15;1-6-14-5-9(11(13)16-6)18-8-3-10(17-2)15-4-7(8)12/h8-11,23H,1-5H3,(H2,19,20,22);6-9H,5H2,1-4H3,(H2,16,17,19);6-9H,5H2,1-4H3,(H2,16,17,19);4-7H,1-3H3,(H2,16,20)(H2,15,17,19);4-7H,1-3H3,(H,19,20)(H2,15,16,18);3-5H,1-2H3,(H2,13,14,16). The third-order valence-corrected chi connectivity index (χ3v) is 20.6. The molecular weight excluding hydrogens is 1720 g/mol. The number of halogens is 1. The Balaban J connectivity index is 0.000000206. The van der Waals surface area contributed by atoms with E-state index in [0.717, 1.165) is 49.4 Å². The van der Waals surface area contributed by atoms with Gasteiger partial charge in [-0.1, -0.05) is 113 Å². The first-order valence-electron chi connectivity index (χ1n) is 39.2. The van der Waals surface area contributed by atoms with Crippen molar-refractivity contribution in [2.75, 3.05) is 47.3 Å². The Bertz CT molecular complexity index is 5680. The van der Waals surface area contributed by atoms with E-state index < -0.39 is 17.5 Å². The summed E-state index contributed by atoms with van der Waals surface area (Å²) in [5, 5.41) is 19.8. The van der Waals surface area contributed by atoms with Crippen LogP contribution in [0.1, 0.15) is 222 Å². The van der Waals surface area contributed by atoms with Crippen molar-refractivity contribution < 1.29 is 43.5 Å². The number of amides is 1. The molecule has 0 saturated carbocycles. The zero-order valence-corrected chi connectivity index (χ0v) is 77.7. The van der Waals surface area contributed by atoms with Crippen LogP contribution in [0.5, 0.6) is 51.9 Å². The predicted molar refractivity (Wildman–Crippen MR) is 490 cm³/mol. The summed E-state index contributed by atoms with van der Waals surface area (Å²) < 4.78 is 28.7. The number of aromatic carboxylic acids is 1. The monoisotopic (exact) mass is 1820 g/mol. The number of primary amides is 1. The molecule has 0 fully saturated rings. The van der Waals surface area contributed by atoms with Gasteiger partial charge in [-0.2, -0.15) is 0 Å². The number of ether oxygens (including phenoxy) is 5. The van der Waals surface area contributed by atoms with Gasteiger partial charge in [0.05, 0.1) is 51.2 Å². The van der Waals surface area contributed by atoms with Gasteiger partial charge in [0.25, 0.3) is 5.91 Å². The highest BCUT2D eigenvalue weighted by Crippen LogP contribution is 2.41. The Hall–Kier alpha value is -12.8. The molecule has 12 aromatic rings. The maximum atomic E-state index is 11.3. The molecule has 12 heterocycles. The number of aromatic nitrogens is 18. The van der Waals surface area contributed by atoms with E-state index in [9.17, 15) is 14.7 Å². The minimum absolute atomic E-state index is 0.0963. The molecule has 12 rings (SSSR count). The molecule has 0 aliphatic heterocycles. The molecule has 0 aliphatic rings. The Morgan fingerprint density at radius 2 is 0.784 bits per heavy atom. The van der Waals surface area contributed by atoms with Crippen LogP contribution < -0.4 is 63.8 Å². The van der Waals surface area contributed by atoms with Gasteiger partial charge < -0.3 is 74.0 Å².